The van der Waals surface area contributed by atoms with Gasteiger partial charge < -0.3 is 4.74 Å². The Hall–Kier alpha value is -1.93. The average molecular weight is 282 g/mol. The van der Waals surface area contributed by atoms with Crippen LogP contribution in [0.5, 0.6) is 5.75 Å². The Kier molecular flexibility index (Phi) is 5.51. The molecule has 20 heavy (non-hydrogen) atoms. The Morgan fingerprint density at radius 2 is 1.80 bits per heavy atom. The summed E-state index contributed by atoms with van der Waals surface area (Å²) in [7, 11) is 1.68. The van der Waals surface area contributed by atoms with Crippen molar-refractivity contribution in [1.29, 1.82) is 0 Å². The molecule has 2 aromatic carbocycles. The number of rotatable bonds is 6. The first-order valence-electron chi connectivity index (χ1n) is 6.52. The molecular formula is C18H18OS. The van der Waals surface area contributed by atoms with Crippen LogP contribution in [0.25, 0.3) is 4.91 Å². The minimum absolute atomic E-state index is 0.862. The average Bonchev–Trinajstić information content (AvgIpc) is 2.52. The fourth-order valence-electron chi connectivity index (χ4n) is 1.78. The molecule has 0 bridgehead atoms. The van der Waals surface area contributed by atoms with Crippen molar-refractivity contribution in [3.63, 3.8) is 0 Å². The Bertz CT molecular complexity index is 570. The number of hydrogen-bond donors (Lipinski definition) is 0. The van der Waals surface area contributed by atoms with Gasteiger partial charge in [0, 0.05) is 9.80 Å². The fraction of sp³-hybridized carbons (Fsp3) is 0.111. The quantitative estimate of drug-likeness (QED) is 0.518. The second-order valence-corrected chi connectivity index (χ2v) is 5.35. The van der Waals surface area contributed by atoms with Gasteiger partial charge in [-0.3, -0.25) is 0 Å². The minimum Gasteiger partial charge on any atom is -0.497 e. The van der Waals surface area contributed by atoms with Gasteiger partial charge in [0.15, 0.2) is 0 Å². The van der Waals surface area contributed by atoms with Gasteiger partial charge >= 0.3 is 0 Å². The maximum atomic E-state index is 5.21. The molecule has 0 atom stereocenters. The van der Waals surface area contributed by atoms with Crippen molar-refractivity contribution in [2.24, 2.45) is 0 Å². The Morgan fingerprint density at radius 3 is 2.40 bits per heavy atom. The Balaban J connectivity index is 2.24. The lowest BCUT2D eigenvalue weighted by atomic mass is 10.2. The van der Waals surface area contributed by atoms with E-state index in [-0.39, 0.29) is 0 Å². The van der Waals surface area contributed by atoms with Crippen molar-refractivity contribution in [3.05, 3.63) is 78.9 Å². The van der Waals surface area contributed by atoms with Gasteiger partial charge in [0.2, 0.25) is 0 Å². The predicted molar refractivity (Wildman–Crippen MR) is 88.1 cm³/mol. The standard InChI is InChI=1S/C18H18OS/c1-3-4-10-18(20-17-8-6-5-7-9-17)15-11-13-16(19-2)14-12-15/h3,5-14H,1,4H2,2H3/b18-10-. The summed E-state index contributed by atoms with van der Waals surface area (Å²) in [6.45, 7) is 3.79. The third-order valence-corrected chi connectivity index (χ3v) is 3.95. The van der Waals surface area contributed by atoms with E-state index >= 15 is 0 Å². The van der Waals surface area contributed by atoms with E-state index in [4.69, 9.17) is 4.74 Å². The second-order valence-electron chi connectivity index (χ2n) is 4.24. The first-order chi connectivity index (χ1) is 9.83. The van der Waals surface area contributed by atoms with Crippen LogP contribution in [0, 0.1) is 0 Å². The number of thioether (sulfide) groups is 1. The van der Waals surface area contributed by atoms with E-state index in [9.17, 15) is 0 Å². The molecule has 0 aliphatic heterocycles. The van der Waals surface area contributed by atoms with Crippen LogP contribution in [0.4, 0.5) is 0 Å². The maximum Gasteiger partial charge on any atom is 0.118 e. The summed E-state index contributed by atoms with van der Waals surface area (Å²) in [6.07, 6.45) is 4.97. The highest BCUT2D eigenvalue weighted by molar-refractivity contribution is 8.08. The molecule has 102 valence electrons. The molecular weight excluding hydrogens is 264 g/mol. The molecule has 0 heterocycles. The molecule has 0 unspecified atom stereocenters. The van der Waals surface area contributed by atoms with E-state index in [1.807, 2.05) is 24.3 Å². The molecule has 2 aromatic rings. The highest BCUT2D eigenvalue weighted by Crippen LogP contribution is 2.35. The van der Waals surface area contributed by atoms with Crippen molar-refractivity contribution in [2.75, 3.05) is 7.11 Å². The highest BCUT2D eigenvalue weighted by Gasteiger charge is 2.04. The van der Waals surface area contributed by atoms with Crippen LogP contribution in [0.15, 0.2) is 78.2 Å². The fourth-order valence-corrected chi connectivity index (χ4v) is 2.76. The van der Waals surface area contributed by atoms with Gasteiger partial charge in [-0.05, 0) is 36.2 Å². The maximum absolute atomic E-state index is 5.21. The normalized spacial score (nSPS) is 11.2. The molecule has 2 heteroatoms. The zero-order valence-corrected chi connectivity index (χ0v) is 12.4. The third-order valence-electron chi connectivity index (χ3n) is 2.82. The third kappa shape index (κ3) is 4.04. The number of benzene rings is 2. The molecule has 0 spiro atoms. The molecule has 0 N–H and O–H groups in total. The van der Waals surface area contributed by atoms with Crippen molar-refractivity contribution in [3.8, 4) is 5.75 Å². The summed E-state index contributed by atoms with van der Waals surface area (Å²) in [5, 5.41) is 0. The highest BCUT2D eigenvalue weighted by atomic mass is 32.2. The monoisotopic (exact) mass is 282 g/mol. The van der Waals surface area contributed by atoms with E-state index in [0.29, 0.717) is 0 Å². The SMILES string of the molecule is C=CC/C=C(\Sc1ccccc1)c1ccc(OC)cc1. The molecule has 2 rings (SSSR count). The molecule has 0 aromatic heterocycles. The molecule has 0 amide bonds. The Morgan fingerprint density at radius 1 is 1.10 bits per heavy atom. The predicted octanol–water partition coefficient (Wildman–Crippen LogP) is 5.40. The van der Waals surface area contributed by atoms with Crippen LogP contribution in [0.3, 0.4) is 0 Å². The van der Waals surface area contributed by atoms with Crippen LogP contribution in [-0.2, 0) is 0 Å². The molecule has 0 saturated heterocycles. The number of ether oxygens (including phenoxy) is 1. The van der Waals surface area contributed by atoms with Crippen LogP contribution in [0.2, 0.25) is 0 Å². The summed E-state index contributed by atoms with van der Waals surface area (Å²) in [4.78, 5) is 2.47. The first kappa shape index (κ1) is 14.5. The van der Waals surface area contributed by atoms with Crippen molar-refractivity contribution in [2.45, 2.75) is 11.3 Å². The van der Waals surface area contributed by atoms with E-state index in [1.54, 1.807) is 18.9 Å². The van der Waals surface area contributed by atoms with Gasteiger partial charge in [0.05, 0.1) is 7.11 Å². The molecule has 0 radical (unpaired) electrons. The largest absolute Gasteiger partial charge is 0.497 e. The van der Waals surface area contributed by atoms with E-state index in [0.717, 1.165) is 12.2 Å². The smallest absolute Gasteiger partial charge is 0.118 e. The van der Waals surface area contributed by atoms with Gasteiger partial charge in [-0.15, -0.1) is 6.58 Å². The van der Waals surface area contributed by atoms with Crippen LogP contribution >= 0.6 is 11.8 Å². The first-order valence-corrected chi connectivity index (χ1v) is 7.33. The van der Waals surface area contributed by atoms with Crippen molar-refractivity contribution in [1.82, 2.24) is 0 Å². The van der Waals surface area contributed by atoms with Gasteiger partial charge in [0.1, 0.15) is 5.75 Å². The molecule has 0 fully saturated rings. The van der Waals surface area contributed by atoms with Crippen molar-refractivity contribution >= 4 is 16.7 Å². The van der Waals surface area contributed by atoms with E-state index in [1.165, 1.54) is 15.4 Å². The van der Waals surface area contributed by atoms with Gasteiger partial charge in [-0.1, -0.05) is 54.2 Å². The Labute approximate surface area is 125 Å². The lowest BCUT2D eigenvalue weighted by Crippen LogP contribution is -1.85. The molecule has 0 saturated carbocycles. The van der Waals surface area contributed by atoms with Gasteiger partial charge in [-0.2, -0.15) is 0 Å². The summed E-state index contributed by atoms with van der Waals surface area (Å²) in [6, 6.07) is 18.5. The van der Waals surface area contributed by atoms with E-state index < -0.39 is 0 Å². The minimum atomic E-state index is 0.862. The molecule has 1 nitrogen and oxygen atoms in total. The summed E-state index contributed by atoms with van der Waals surface area (Å²) < 4.78 is 5.21. The number of hydrogen-bond acceptors (Lipinski definition) is 2. The summed E-state index contributed by atoms with van der Waals surface area (Å²) in [5.74, 6) is 0.876. The van der Waals surface area contributed by atoms with E-state index in [2.05, 4.69) is 49.1 Å². The van der Waals surface area contributed by atoms with Crippen LogP contribution in [0.1, 0.15) is 12.0 Å². The second kappa shape index (κ2) is 7.61. The number of methoxy groups -OCH3 is 1. The number of allylic oxidation sites excluding steroid dienone is 2. The van der Waals surface area contributed by atoms with Crippen LogP contribution in [-0.4, -0.2) is 7.11 Å². The summed E-state index contributed by atoms with van der Waals surface area (Å²) >= 11 is 1.77. The van der Waals surface area contributed by atoms with Gasteiger partial charge in [-0.25, -0.2) is 0 Å². The lowest BCUT2D eigenvalue weighted by Gasteiger charge is -2.08. The lowest BCUT2D eigenvalue weighted by molar-refractivity contribution is 0.415. The van der Waals surface area contributed by atoms with Crippen LogP contribution < -0.4 is 4.74 Å². The summed E-state index contributed by atoms with van der Waals surface area (Å²) in [5.41, 5.74) is 1.20. The van der Waals surface area contributed by atoms with Gasteiger partial charge in [0.25, 0.3) is 0 Å². The molecule has 0 aliphatic rings. The molecule has 0 aliphatic carbocycles. The topological polar surface area (TPSA) is 9.23 Å². The van der Waals surface area contributed by atoms with Crippen molar-refractivity contribution < 1.29 is 4.74 Å². The zero-order valence-electron chi connectivity index (χ0n) is 11.6. The zero-order chi connectivity index (χ0) is 14.2.